The average molecular weight is 373 g/mol. The summed E-state index contributed by atoms with van der Waals surface area (Å²) in [4.78, 5) is 17.4. The molecule has 2 aromatic rings. The normalized spacial score (nSPS) is 21.0. The number of rotatable bonds is 4. The Morgan fingerprint density at radius 3 is 2.54 bits per heavy atom. The molecule has 2 fully saturated rings. The molecule has 0 spiro atoms. The van der Waals surface area contributed by atoms with Gasteiger partial charge in [0.25, 0.3) is 5.91 Å². The molecule has 1 heterocycles. The van der Waals surface area contributed by atoms with Gasteiger partial charge in [0.2, 0.25) is 0 Å². The second-order valence-corrected chi connectivity index (χ2v) is 7.57. The molecular weight excluding hydrogens is 351 g/mol. The lowest BCUT2D eigenvalue weighted by molar-refractivity contribution is 0.0433. The zero-order valence-corrected chi connectivity index (χ0v) is 15.3. The predicted molar refractivity (Wildman–Crippen MR) is 101 cm³/mol. The van der Waals surface area contributed by atoms with Crippen molar-refractivity contribution in [1.29, 1.82) is 0 Å². The molecule has 2 aromatic carbocycles. The van der Waals surface area contributed by atoms with Gasteiger partial charge >= 0.3 is 0 Å². The molecule has 0 aromatic heterocycles. The third kappa shape index (κ3) is 3.62. The number of hydrogen-bond donors (Lipinski definition) is 0. The molecule has 1 aliphatic carbocycles. The van der Waals surface area contributed by atoms with Crippen LogP contribution in [-0.4, -0.2) is 47.4 Å². The van der Waals surface area contributed by atoms with Gasteiger partial charge in [0.05, 0.1) is 10.6 Å². The number of nitrogens with zero attached hydrogens (tertiary/aromatic N) is 2. The lowest BCUT2D eigenvalue weighted by Gasteiger charge is -2.42. The van der Waals surface area contributed by atoms with Crippen LogP contribution in [0.15, 0.2) is 48.5 Å². The largest absolute Gasteiger partial charge is 0.333 e. The molecule has 1 unspecified atom stereocenters. The summed E-state index contributed by atoms with van der Waals surface area (Å²) in [5.41, 5.74) is 1.18. The predicted octanol–water partition coefficient (Wildman–Crippen LogP) is 4.01. The molecule has 1 amide bonds. The number of benzene rings is 2. The summed E-state index contributed by atoms with van der Waals surface area (Å²) in [7, 11) is 0. The van der Waals surface area contributed by atoms with Gasteiger partial charge in [-0.3, -0.25) is 9.69 Å². The molecule has 0 radical (unpaired) electrons. The third-order valence-electron chi connectivity index (χ3n) is 5.33. The zero-order valence-electron chi connectivity index (χ0n) is 14.6. The van der Waals surface area contributed by atoms with Gasteiger partial charge in [0.1, 0.15) is 5.82 Å². The number of carbonyl (C=O) groups is 1. The highest BCUT2D eigenvalue weighted by Crippen LogP contribution is 2.31. The van der Waals surface area contributed by atoms with Crippen molar-refractivity contribution in [1.82, 2.24) is 9.80 Å². The van der Waals surface area contributed by atoms with Crippen LogP contribution in [0.5, 0.6) is 0 Å². The summed E-state index contributed by atoms with van der Waals surface area (Å²) in [6, 6.07) is 15.2. The van der Waals surface area contributed by atoms with Crippen LogP contribution in [0, 0.1) is 5.82 Å². The van der Waals surface area contributed by atoms with Crippen molar-refractivity contribution < 1.29 is 9.18 Å². The van der Waals surface area contributed by atoms with E-state index in [0.29, 0.717) is 12.6 Å². The van der Waals surface area contributed by atoms with E-state index in [2.05, 4.69) is 17.0 Å². The maximum Gasteiger partial charge on any atom is 0.258 e. The van der Waals surface area contributed by atoms with Gasteiger partial charge in [-0.1, -0.05) is 48.0 Å². The minimum Gasteiger partial charge on any atom is -0.333 e. The number of piperazine rings is 1. The maximum atomic E-state index is 14.3. The SMILES string of the molecule is O=C(c1c(F)cccc1Cl)N1CCN(C2CC2)CC1Cc1ccccc1. The van der Waals surface area contributed by atoms with Gasteiger partial charge in [-0.05, 0) is 37.0 Å². The van der Waals surface area contributed by atoms with Crippen molar-refractivity contribution in [3.63, 3.8) is 0 Å². The number of amides is 1. The first-order valence-electron chi connectivity index (χ1n) is 9.16. The van der Waals surface area contributed by atoms with Gasteiger partial charge < -0.3 is 4.90 Å². The summed E-state index contributed by atoms with van der Waals surface area (Å²) in [6.45, 7) is 2.28. The van der Waals surface area contributed by atoms with E-state index < -0.39 is 5.82 Å². The number of hydrogen-bond acceptors (Lipinski definition) is 2. The molecule has 26 heavy (non-hydrogen) atoms. The van der Waals surface area contributed by atoms with Crippen molar-refractivity contribution in [3.05, 3.63) is 70.5 Å². The monoisotopic (exact) mass is 372 g/mol. The van der Waals surface area contributed by atoms with Gasteiger partial charge in [-0.2, -0.15) is 0 Å². The summed E-state index contributed by atoms with van der Waals surface area (Å²) in [6.07, 6.45) is 3.25. The zero-order chi connectivity index (χ0) is 18.1. The van der Waals surface area contributed by atoms with Gasteiger partial charge in [0, 0.05) is 31.7 Å². The summed E-state index contributed by atoms with van der Waals surface area (Å²) in [5.74, 6) is -0.852. The molecule has 4 rings (SSSR count). The molecule has 0 N–H and O–H groups in total. The van der Waals surface area contributed by atoms with Gasteiger partial charge in [-0.25, -0.2) is 4.39 Å². The highest BCUT2D eigenvalue weighted by atomic mass is 35.5. The topological polar surface area (TPSA) is 23.6 Å². The minimum atomic E-state index is -0.550. The van der Waals surface area contributed by atoms with E-state index >= 15 is 0 Å². The highest BCUT2D eigenvalue weighted by Gasteiger charge is 2.38. The van der Waals surface area contributed by atoms with E-state index in [1.54, 1.807) is 6.07 Å². The first kappa shape index (κ1) is 17.5. The van der Waals surface area contributed by atoms with Crippen LogP contribution in [0.1, 0.15) is 28.8 Å². The van der Waals surface area contributed by atoms with E-state index in [9.17, 15) is 9.18 Å². The number of halogens is 2. The highest BCUT2D eigenvalue weighted by molar-refractivity contribution is 6.33. The van der Waals surface area contributed by atoms with E-state index in [-0.39, 0.29) is 22.5 Å². The Hall–Kier alpha value is -1.91. The average Bonchev–Trinajstić information content (AvgIpc) is 3.47. The molecule has 0 bridgehead atoms. The van der Waals surface area contributed by atoms with Crippen LogP contribution in [0.25, 0.3) is 0 Å². The lowest BCUT2D eigenvalue weighted by atomic mass is 10.0. The Morgan fingerprint density at radius 2 is 1.85 bits per heavy atom. The lowest BCUT2D eigenvalue weighted by Crippen LogP contribution is -2.56. The van der Waals surface area contributed by atoms with Crippen LogP contribution >= 0.6 is 11.6 Å². The number of carbonyl (C=O) groups excluding carboxylic acids is 1. The smallest absolute Gasteiger partial charge is 0.258 e. The van der Waals surface area contributed by atoms with Crippen LogP contribution in [0.4, 0.5) is 4.39 Å². The van der Waals surface area contributed by atoms with E-state index in [4.69, 9.17) is 11.6 Å². The Morgan fingerprint density at radius 1 is 1.08 bits per heavy atom. The fourth-order valence-electron chi connectivity index (χ4n) is 3.82. The standard InChI is InChI=1S/C21H22ClFN2O/c22-18-7-4-8-19(23)20(18)21(26)25-12-11-24(16-9-10-16)14-17(25)13-15-5-2-1-3-6-15/h1-8,16-17H,9-14H2. The summed E-state index contributed by atoms with van der Waals surface area (Å²) >= 11 is 6.14. The van der Waals surface area contributed by atoms with Crippen LogP contribution in [0.2, 0.25) is 5.02 Å². The fraction of sp³-hybridized carbons (Fsp3) is 0.381. The maximum absolute atomic E-state index is 14.3. The first-order valence-corrected chi connectivity index (χ1v) is 9.54. The fourth-order valence-corrected chi connectivity index (χ4v) is 4.07. The first-order chi connectivity index (χ1) is 12.6. The molecule has 2 aliphatic rings. The van der Waals surface area contributed by atoms with Crippen LogP contribution in [0.3, 0.4) is 0 Å². The van der Waals surface area contributed by atoms with Crippen molar-refractivity contribution in [2.75, 3.05) is 19.6 Å². The van der Waals surface area contributed by atoms with Gasteiger partial charge in [0.15, 0.2) is 0 Å². The van der Waals surface area contributed by atoms with E-state index in [1.807, 2.05) is 23.1 Å². The van der Waals surface area contributed by atoms with Crippen molar-refractivity contribution in [3.8, 4) is 0 Å². The molecule has 1 aliphatic heterocycles. The Balaban J connectivity index is 1.60. The second-order valence-electron chi connectivity index (χ2n) is 7.16. The summed E-state index contributed by atoms with van der Waals surface area (Å²) in [5, 5.41) is 0.179. The Kier molecular flexibility index (Phi) is 4.96. The second kappa shape index (κ2) is 7.37. The molecule has 1 saturated carbocycles. The summed E-state index contributed by atoms with van der Waals surface area (Å²) < 4.78 is 14.3. The van der Waals surface area contributed by atoms with Crippen molar-refractivity contribution in [2.24, 2.45) is 0 Å². The van der Waals surface area contributed by atoms with E-state index in [1.165, 1.54) is 30.5 Å². The van der Waals surface area contributed by atoms with Crippen molar-refractivity contribution >= 4 is 17.5 Å². The molecule has 3 nitrogen and oxygen atoms in total. The quantitative estimate of drug-likeness (QED) is 0.809. The van der Waals surface area contributed by atoms with Crippen LogP contribution in [-0.2, 0) is 6.42 Å². The Labute approximate surface area is 158 Å². The minimum absolute atomic E-state index is 0.00731. The molecule has 136 valence electrons. The molecule has 1 atom stereocenters. The molecule has 5 heteroatoms. The van der Waals surface area contributed by atoms with Crippen LogP contribution < -0.4 is 0 Å². The molecular formula is C21H22ClFN2O. The third-order valence-corrected chi connectivity index (χ3v) is 5.64. The van der Waals surface area contributed by atoms with Gasteiger partial charge in [-0.15, -0.1) is 0 Å². The molecule has 1 saturated heterocycles. The Bertz CT molecular complexity index is 774. The van der Waals surface area contributed by atoms with Crippen molar-refractivity contribution in [2.45, 2.75) is 31.3 Å². The van der Waals surface area contributed by atoms with E-state index in [0.717, 1.165) is 19.5 Å².